The van der Waals surface area contributed by atoms with E-state index < -0.39 is 30.3 Å². The van der Waals surface area contributed by atoms with E-state index in [9.17, 15) is 19.8 Å². The van der Waals surface area contributed by atoms with Gasteiger partial charge < -0.3 is 25.5 Å². The fourth-order valence-corrected chi connectivity index (χ4v) is 1.51. The molecule has 0 saturated carbocycles. The molecule has 1 aliphatic rings. The Morgan fingerprint density at radius 2 is 1.88 bits per heavy atom. The first-order chi connectivity index (χ1) is 7.45. The number of carbonyl (C=O) groups excluding carboxylic acids is 1. The van der Waals surface area contributed by atoms with Gasteiger partial charge in [-0.1, -0.05) is 6.92 Å². The first kappa shape index (κ1) is 12.7. The number of likely N-dealkylation sites (tertiary alicyclic amines) is 1. The van der Waals surface area contributed by atoms with E-state index in [1.54, 1.807) is 6.92 Å². The van der Waals surface area contributed by atoms with Crippen LogP contribution in [0.4, 0.5) is 4.79 Å². The number of nitrogens with zero attached hydrogens (tertiary/aromatic N) is 1. The smallest absolute Gasteiger partial charge is 0.326 e. The molecule has 3 atom stereocenters. The van der Waals surface area contributed by atoms with Crippen LogP contribution in [0, 0.1) is 0 Å². The SMILES string of the molecule is CC[C@H](NC(=O)N1CC(O)C(O)C1)C(=O)O. The quantitative estimate of drug-likeness (QED) is 0.478. The number of hydrogen-bond acceptors (Lipinski definition) is 4. The third-order valence-corrected chi connectivity index (χ3v) is 2.55. The molecule has 2 unspecified atom stereocenters. The summed E-state index contributed by atoms with van der Waals surface area (Å²) in [4.78, 5) is 23.4. The number of rotatable bonds is 3. The summed E-state index contributed by atoms with van der Waals surface area (Å²) >= 11 is 0. The summed E-state index contributed by atoms with van der Waals surface area (Å²) in [6.07, 6.45) is -1.65. The van der Waals surface area contributed by atoms with Crippen molar-refractivity contribution in [3.05, 3.63) is 0 Å². The van der Waals surface area contributed by atoms with Gasteiger partial charge in [0.15, 0.2) is 0 Å². The van der Waals surface area contributed by atoms with E-state index >= 15 is 0 Å². The fourth-order valence-electron chi connectivity index (χ4n) is 1.51. The number of nitrogens with one attached hydrogen (secondary N) is 1. The van der Waals surface area contributed by atoms with Crippen molar-refractivity contribution in [3.63, 3.8) is 0 Å². The fraction of sp³-hybridized carbons (Fsp3) is 0.778. The molecule has 92 valence electrons. The minimum atomic E-state index is -1.10. The summed E-state index contributed by atoms with van der Waals surface area (Å²) in [5.41, 5.74) is 0. The van der Waals surface area contributed by atoms with Gasteiger partial charge in [0.25, 0.3) is 0 Å². The lowest BCUT2D eigenvalue weighted by molar-refractivity contribution is -0.139. The second kappa shape index (κ2) is 5.13. The first-order valence-electron chi connectivity index (χ1n) is 5.10. The minimum Gasteiger partial charge on any atom is -0.480 e. The molecule has 0 bridgehead atoms. The highest BCUT2D eigenvalue weighted by Crippen LogP contribution is 2.10. The lowest BCUT2D eigenvalue weighted by Crippen LogP contribution is -2.47. The number of aliphatic hydroxyl groups is 2. The number of carbonyl (C=O) groups is 2. The molecule has 0 radical (unpaired) electrons. The number of amides is 2. The second-order valence-corrected chi connectivity index (χ2v) is 3.79. The third-order valence-electron chi connectivity index (χ3n) is 2.55. The van der Waals surface area contributed by atoms with Crippen LogP contribution in [-0.2, 0) is 4.79 Å². The summed E-state index contributed by atoms with van der Waals surface area (Å²) in [6, 6.07) is -1.52. The summed E-state index contributed by atoms with van der Waals surface area (Å²) in [6.45, 7) is 1.68. The van der Waals surface area contributed by atoms with Crippen molar-refractivity contribution in [2.75, 3.05) is 13.1 Å². The molecule has 1 saturated heterocycles. The van der Waals surface area contributed by atoms with Crippen molar-refractivity contribution < 1.29 is 24.9 Å². The van der Waals surface area contributed by atoms with E-state index in [1.165, 1.54) is 4.90 Å². The van der Waals surface area contributed by atoms with Gasteiger partial charge in [-0.2, -0.15) is 0 Å². The predicted molar refractivity (Wildman–Crippen MR) is 53.8 cm³/mol. The molecule has 16 heavy (non-hydrogen) atoms. The Kier molecular flexibility index (Phi) is 4.08. The summed E-state index contributed by atoms with van der Waals surface area (Å²) < 4.78 is 0. The average Bonchev–Trinajstić information content (AvgIpc) is 2.55. The molecule has 0 aromatic heterocycles. The zero-order valence-corrected chi connectivity index (χ0v) is 8.96. The molecule has 0 aromatic rings. The zero-order valence-electron chi connectivity index (χ0n) is 8.96. The van der Waals surface area contributed by atoms with Crippen LogP contribution in [0.15, 0.2) is 0 Å². The van der Waals surface area contributed by atoms with Gasteiger partial charge in [-0.3, -0.25) is 0 Å². The van der Waals surface area contributed by atoms with Gasteiger partial charge in [-0.15, -0.1) is 0 Å². The van der Waals surface area contributed by atoms with Crippen LogP contribution < -0.4 is 5.32 Å². The summed E-state index contributed by atoms with van der Waals surface area (Å²) in [5.74, 6) is -1.10. The molecule has 1 heterocycles. The monoisotopic (exact) mass is 232 g/mol. The maximum Gasteiger partial charge on any atom is 0.326 e. The van der Waals surface area contributed by atoms with Crippen molar-refractivity contribution in [2.24, 2.45) is 0 Å². The Balaban J connectivity index is 2.50. The van der Waals surface area contributed by atoms with Gasteiger partial charge in [0.1, 0.15) is 6.04 Å². The molecule has 7 nitrogen and oxygen atoms in total. The number of carboxylic acids is 1. The van der Waals surface area contributed by atoms with Crippen molar-refractivity contribution in [2.45, 2.75) is 31.6 Å². The molecule has 1 rings (SSSR count). The Hall–Kier alpha value is -1.34. The van der Waals surface area contributed by atoms with E-state index in [4.69, 9.17) is 5.11 Å². The molecular weight excluding hydrogens is 216 g/mol. The zero-order chi connectivity index (χ0) is 12.3. The molecular formula is C9H16N2O5. The van der Waals surface area contributed by atoms with Crippen molar-refractivity contribution in [3.8, 4) is 0 Å². The Morgan fingerprint density at radius 3 is 2.25 bits per heavy atom. The molecule has 0 aliphatic carbocycles. The molecule has 1 aliphatic heterocycles. The van der Waals surface area contributed by atoms with Gasteiger partial charge in [-0.05, 0) is 6.42 Å². The van der Waals surface area contributed by atoms with E-state index in [2.05, 4.69) is 5.32 Å². The predicted octanol–water partition coefficient (Wildman–Crippen LogP) is -1.40. The van der Waals surface area contributed by atoms with Crippen molar-refractivity contribution in [1.29, 1.82) is 0 Å². The number of aliphatic carboxylic acids is 1. The molecule has 1 fully saturated rings. The molecule has 7 heteroatoms. The number of urea groups is 1. The molecule has 0 spiro atoms. The highest BCUT2D eigenvalue weighted by molar-refractivity contribution is 5.82. The number of carboxylic acid groups (broad SMARTS) is 1. The number of aliphatic hydroxyl groups excluding tert-OH is 2. The lowest BCUT2D eigenvalue weighted by Gasteiger charge is -2.19. The first-order valence-corrected chi connectivity index (χ1v) is 5.10. The average molecular weight is 232 g/mol. The van der Waals surface area contributed by atoms with Crippen LogP contribution in [-0.4, -0.2) is 63.6 Å². The van der Waals surface area contributed by atoms with Crippen LogP contribution in [0.2, 0.25) is 0 Å². The van der Waals surface area contributed by atoms with Gasteiger partial charge in [0.05, 0.1) is 25.3 Å². The van der Waals surface area contributed by atoms with E-state index in [1.807, 2.05) is 0 Å². The molecule has 2 amide bonds. The largest absolute Gasteiger partial charge is 0.480 e. The molecule has 4 N–H and O–H groups in total. The van der Waals surface area contributed by atoms with Crippen molar-refractivity contribution in [1.82, 2.24) is 10.2 Å². The summed E-state index contributed by atoms with van der Waals surface area (Å²) in [7, 11) is 0. The van der Waals surface area contributed by atoms with E-state index in [0.29, 0.717) is 0 Å². The maximum absolute atomic E-state index is 11.5. The second-order valence-electron chi connectivity index (χ2n) is 3.79. The van der Waals surface area contributed by atoms with Gasteiger partial charge in [-0.25, -0.2) is 9.59 Å². The number of hydrogen-bond donors (Lipinski definition) is 4. The van der Waals surface area contributed by atoms with Crippen LogP contribution in [0.3, 0.4) is 0 Å². The van der Waals surface area contributed by atoms with Gasteiger partial charge in [0.2, 0.25) is 0 Å². The minimum absolute atomic E-state index is 0.0169. The Bertz CT molecular complexity index is 273. The normalized spacial score (nSPS) is 26.6. The van der Waals surface area contributed by atoms with Crippen LogP contribution in [0.1, 0.15) is 13.3 Å². The van der Waals surface area contributed by atoms with Crippen molar-refractivity contribution >= 4 is 12.0 Å². The van der Waals surface area contributed by atoms with Crippen LogP contribution in [0.25, 0.3) is 0 Å². The Morgan fingerprint density at radius 1 is 1.38 bits per heavy atom. The van der Waals surface area contributed by atoms with E-state index in [0.717, 1.165) is 0 Å². The standard InChI is InChI=1S/C9H16N2O5/c1-2-5(8(14)15)10-9(16)11-3-6(12)7(13)4-11/h5-7,12-13H,2-4H2,1H3,(H,10,16)(H,14,15)/t5-,6?,7?/m0/s1. The van der Waals surface area contributed by atoms with Crippen LogP contribution >= 0.6 is 0 Å². The highest BCUT2D eigenvalue weighted by Gasteiger charge is 2.33. The Labute approximate surface area is 92.7 Å². The summed E-state index contributed by atoms with van der Waals surface area (Å²) in [5, 5.41) is 29.5. The van der Waals surface area contributed by atoms with Gasteiger partial charge in [0, 0.05) is 0 Å². The van der Waals surface area contributed by atoms with Gasteiger partial charge >= 0.3 is 12.0 Å². The van der Waals surface area contributed by atoms with Crippen LogP contribution in [0.5, 0.6) is 0 Å². The molecule has 0 aromatic carbocycles. The number of β-amino-alcohol motifs (C(OH)–C–C–N with tert-alkyl or cyclic N) is 2. The highest BCUT2D eigenvalue weighted by atomic mass is 16.4. The van der Waals surface area contributed by atoms with E-state index in [-0.39, 0.29) is 19.5 Å². The topological polar surface area (TPSA) is 110 Å². The third kappa shape index (κ3) is 2.83. The maximum atomic E-state index is 11.5. The lowest BCUT2D eigenvalue weighted by atomic mass is 10.2.